The van der Waals surface area contributed by atoms with Crippen molar-refractivity contribution in [2.75, 3.05) is 55.8 Å². The number of piperazine rings is 1. The predicted octanol–water partition coefficient (Wildman–Crippen LogP) is 4.33. The number of aryl methyl sites for hydroxylation is 1. The second kappa shape index (κ2) is 9.76. The second-order valence-corrected chi connectivity index (χ2v) is 7.73. The summed E-state index contributed by atoms with van der Waals surface area (Å²) in [5.41, 5.74) is 4.25. The van der Waals surface area contributed by atoms with Gasteiger partial charge in [0.2, 0.25) is 5.96 Å². The molecule has 0 atom stereocenters. The van der Waals surface area contributed by atoms with Gasteiger partial charge in [0.1, 0.15) is 5.84 Å². The standard InChI is InChI=1S/C22H29ClN6/c1-16-15-18(23)5-10-21(16)25-17(2)26-22(24-3)27-19-6-8-20(9-7-19)29-13-11-28(4)12-14-29/h5-10,15H,11-14H2,1-4H3,(H2,24,25,26,27). The number of halogens is 1. The van der Waals surface area contributed by atoms with Crippen LogP contribution >= 0.6 is 11.6 Å². The van der Waals surface area contributed by atoms with E-state index in [0.29, 0.717) is 5.96 Å². The number of nitrogens with one attached hydrogen (secondary N) is 2. The van der Waals surface area contributed by atoms with Crippen molar-refractivity contribution in [1.29, 1.82) is 0 Å². The van der Waals surface area contributed by atoms with E-state index in [4.69, 9.17) is 11.6 Å². The van der Waals surface area contributed by atoms with Gasteiger partial charge in [0.05, 0.1) is 0 Å². The van der Waals surface area contributed by atoms with Crippen LogP contribution in [0.2, 0.25) is 5.02 Å². The molecule has 0 aliphatic carbocycles. The summed E-state index contributed by atoms with van der Waals surface area (Å²) in [7, 11) is 3.90. The van der Waals surface area contributed by atoms with Crippen molar-refractivity contribution < 1.29 is 0 Å². The minimum atomic E-state index is 0.550. The monoisotopic (exact) mass is 412 g/mol. The summed E-state index contributed by atoms with van der Waals surface area (Å²) in [6.45, 7) is 8.24. The van der Waals surface area contributed by atoms with Gasteiger partial charge < -0.3 is 20.4 Å². The highest BCUT2D eigenvalue weighted by Gasteiger charge is 2.14. The molecule has 0 unspecified atom stereocenters. The maximum Gasteiger partial charge on any atom is 0.223 e. The van der Waals surface area contributed by atoms with Gasteiger partial charge in [-0.15, -0.1) is 0 Å². The van der Waals surface area contributed by atoms with Crippen molar-refractivity contribution in [3.63, 3.8) is 0 Å². The van der Waals surface area contributed by atoms with Crippen LogP contribution in [-0.4, -0.2) is 57.0 Å². The van der Waals surface area contributed by atoms with Crippen LogP contribution in [-0.2, 0) is 0 Å². The molecule has 0 spiro atoms. The van der Waals surface area contributed by atoms with Crippen LogP contribution in [0.4, 0.5) is 17.1 Å². The van der Waals surface area contributed by atoms with Gasteiger partial charge in [0.15, 0.2) is 0 Å². The van der Waals surface area contributed by atoms with Gasteiger partial charge in [0, 0.05) is 55.3 Å². The summed E-state index contributed by atoms with van der Waals surface area (Å²) in [6.07, 6.45) is 0. The highest BCUT2D eigenvalue weighted by atomic mass is 35.5. The molecular weight excluding hydrogens is 384 g/mol. The number of hydrogen-bond donors (Lipinski definition) is 2. The van der Waals surface area contributed by atoms with Crippen LogP contribution in [0.15, 0.2) is 52.4 Å². The third-order valence-electron chi connectivity index (χ3n) is 4.98. The first kappa shape index (κ1) is 21.1. The van der Waals surface area contributed by atoms with E-state index in [2.05, 4.69) is 61.7 Å². The van der Waals surface area contributed by atoms with Crippen molar-refractivity contribution in [1.82, 2.24) is 4.90 Å². The Hall–Kier alpha value is -2.57. The highest BCUT2D eigenvalue weighted by molar-refractivity contribution is 6.30. The lowest BCUT2D eigenvalue weighted by Crippen LogP contribution is -2.44. The van der Waals surface area contributed by atoms with E-state index in [1.165, 1.54) is 5.69 Å². The lowest BCUT2D eigenvalue weighted by molar-refractivity contribution is 0.313. The lowest BCUT2D eigenvalue weighted by atomic mass is 10.2. The van der Waals surface area contributed by atoms with Crippen LogP contribution in [0.25, 0.3) is 0 Å². The van der Waals surface area contributed by atoms with E-state index in [1.807, 2.05) is 32.0 Å². The average molecular weight is 413 g/mol. The smallest absolute Gasteiger partial charge is 0.223 e. The van der Waals surface area contributed by atoms with E-state index in [9.17, 15) is 0 Å². The summed E-state index contributed by atoms with van der Waals surface area (Å²) in [5.74, 6) is 1.30. The van der Waals surface area contributed by atoms with Gasteiger partial charge >= 0.3 is 0 Å². The molecular formula is C22H29ClN6. The van der Waals surface area contributed by atoms with Crippen molar-refractivity contribution in [3.05, 3.63) is 53.1 Å². The van der Waals surface area contributed by atoms with Crippen LogP contribution in [0.5, 0.6) is 0 Å². The molecule has 29 heavy (non-hydrogen) atoms. The largest absolute Gasteiger partial charge is 0.369 e. The maximum atomic E-state index is 6.03. The normalized spacial score (nSPS) is 16.1. The summed E-state index contributed by atoms with van der Waals surface area (Å²) >= 11 is 6.03. The zero-order chi connectivity index (χ0) is 20.8. The SMILES string of the molecule is CN=C(N=C(C)Nc1ccc(Cl)cc1C)Nc1ccc(N2CCN(C)CC2)cc1. The zero-order valence-electron chi connectivity index (χ0n) is 17.5. The van der Waals surface area contributed by atoms with E-state index in [1.54, 1.807) is 7.05 Å². The Labute approximate surface area is 178 Å². The third-order valence-corrected chi connectivity index (χ3v) is 5.22. The van der Waals surface area contributed by atoms with Gasteiger partial charge in [-0.3, -0.25) is 4.99 Å². The van der Waals surface area contributed by atoms with E-state index in [0.717, 1.165) is 54.0 Å². The minimum Gasteiger partial charge on any atom is -0.369 e. The molecule has 0 radical (unpaired) electrons. The summed E-state index contributed by atoms with van der Waals surface area (Å²) < 4.78 is 0. The maximum absolute atomic E-state index is 6.03. The van der Waals surface area contributed by atoms with Gasteiger partial charge in [0.25, 0.3) is 0 Å². The van der Waals surface area contributed by atoms with Crippen LogP contribution in [0.1, 0.15) is 12.5 Å². The number of aliphatic imine (C=N–C) groups is 2. The molecule has 6 nitrogen and oxygen atoms in total. The Morgan fingerprint density at radius 3 is 2.31 bits per heavy atom. The first-order chi connectivity index (χ1) is 13.9. The van der Waals surface area contributed by atoms with E-state index >= 15 is 0 Å². The Bertz CT molecular complexity index is 883. The number of benzene rings is 2. The number of guanidine groups is 1. The van der Waals surface area contributed by atoms with Gasteiger partial charge in [-0.05, 0) is 68.9 Å². The molecule has 1 aliphatic rings. The number of anilines is 3. The van der Waals surface area contributed by atoms with Crippen LogP contribution in [0.3, 0.4) is 0 Å². The predicted molar refractivity (Wildman–Crippen MR) is 126 cm³/mol. The summed E-state index contributed by atoms with van der Waals surface area (Å²) in [4.78, 5) is 13.6. The first-order valence-corrected chi connectivity index (χ1v) is 10.2. The number of hydrogen-bond acceptors (Lipinski definition) is 3. The number of amidine groups is 1. The number of rotatable bonds is 3. The quantitative estimate of drug-likeness (QED) is 0.582. The van der Waals surface area contributed by atoms with E-state index < -0.39 is 0 Å². The lowest BCUT2D eigenvalue weighted by Gasteiger charge is -2.34. The Morgan fingerprint density at radius 1 is 1.00 bits per heavy atom. The van der Waals surface area contributed by atoms with Crippen LogP contribution < -0.4 is 15.5 Å². The third kappa shape index (κ3) is 5.95. The molecule has 0 aromatic heterocycles. The first-order valence-electron chi connectivity index (χ1n) is 9.80. The second-order valence-electron chi connectivity index (χ2n) is 7.29. The minimum absolute atomic E-state index is 0.550. The average Bonchev–Trinajstić information content (AvgIpc) is 2.71. The molecule has 1 saturated heterocycles. The van der Waals surface area contributed by atoms with Crippen molar-refractivity contribution in [2.45, 2.75) is 13.8 Å². The molecule has 2 aromatic rings. The molecule has 1 heterocycles. The van der Waals surface area contributed by atoms with Gasteiger partial charge in [-0.1, -0.05) is 11.6 Å². The van der Waals surface area contributed by atoms with Crippen molar-refractivity contribution in [2.24, 2.45) is 9.98 Å². The summed E-state index contributed by atoms with van der Waals surface area (Å²) in [6, 6.07) is 14.2. The highest BCUT2D eigenvalue weighted by Crippen LogP contribution is 2.21. The molecule has 2 aromatic carbocycles. The summed E-state index contributed by atoms with van der Waals surface area (Å²) in [5, 5.41) is 7.31. The molecule has 154 valence electrons. The van der Waals surface area contributed by atoms with Crippen molar-refractivity contribution >= 4 is 40.5 Å². The molecule has 1 fully saturated rings. The zero-order valence-corrected chi connectivity index (χ0v) is 18.3. The molecule has 3 rings (SSSR count). The molecule has 0 saturated carbocycles. The van der Waals surface area contributed by atoms with Gasteiger partial charge in [-0.25, -0.2) is 4.99 Å². The van der Waals surface area contributed by atoms with E-state index in [-0.39, 0.29) is 0 Å². The number of likely N-dealkylation sites (N-methyl/N-ethyl adjacent to an activating group) is 1. The topological polar surface area (TPSA) is 55.3 Å². The molecule has 1 aliphatic heterocycles. The molecule has 7 heteroatoms. The molecule has 0 amide bonds. The molecule has 0 bridgehead atoms. The fraction of sp³-hybridized carbons (Fsp3) is 0.364. The van der Waals surface area contributed by atoms with Crippen molar-refractivity contribution in [3.8, 4) is 0 Å². The van der Waals surface area contributed by atoms with Gasteiger partial charge in [-0.2, -0.15) is 0 Å². The Morgan fingerprint density at radius 2 is 1.69 bits per heavy atom. The molecule has 2 N–H and O–H groups in total. The fourth-order valence-electron chi connectivity index (χ4n) is 3.23. The Balaban J connectivity index is 1.62. The number of nitrogens with zero attached hydrogens (tertiary/aromatic N) is 4. The fourth-order valence-corrected chi connectivity index (χ4v) is 3.46. The Kier molecular flexibility index (Phi) is 7.12. The van der Waals surface area contributed by atoms with Crippen LogP contribution in [0, 0.1) is 6.92 Å².